The molecule has 0 radical (unpaired) electrons. The molecule has 0 amide bonds. The summed E-state index contributed by atoms with van der Waals surface area (Å²) in [6, 6.07) is 4.60. The van der Waals surface area contributed by atoms with Crippen molar-refractivity contribution in [2.45, 2.75) is 0 Å². The van der Waals surface area contributed by atoms with Crippen LogP contribution in [-0.4, -0.2) is 21.6 Å². The van der Waals surface area contributed by atoms with Gasteiger partial charge in [0.15, 0.2) is 0 Å². The lowest BCUT2D eigenvalue weighted by Gasteiger charge is -2.03. The highest BCUT2D eigenvalue weighted by Gasteiger charge is 2.13. The third-order valence-corrected chi connectivity index (χ3v) is 1.94. The zero-order valence-corrected chi connectivity index (χ0v) is 7.34. The standard InChI is InChI=1S/C9H6N2O4/c12-8(13)6-5-3-1-2-4-11(5)10-7(6)9(14)15/h1-4H,(H,12,13)(H,14,15)/p-2. The fourth-order valence-electron chi connectivity index (χ4n) is 1.34. The molecular weight excluding hydrogens is 200 g/mol. The second-order valence-corrected chi connectivity index (χ2v) is 2.83. The van der Waals surface area contributed by atoms with E-state index in [1.54, 1.807) is 12.1 Å². The van der Waals surface area contributed by atoms with Crippen molar-refractivity contribution in [2.75, 3.05) is 0 Å². The summed E-state index contributed by atoms with van der Waals surface area (Å²) in [5.41, 5.74) is -0.923. The highest BCUT2D eigenvalue weighted by molar-refractivity contribution is 6.04. The van der Waals surface area contributed by atoms with Gasteiger partial charge in [0.05, 0.1) is 23.0 Å². The van der Waals surface area contributed by atoms with Gasteiger partial charge in [0.2, 0.25) is 0 Å². The van der Waals surface area contributed by atoms with Crippen LogP contribution in [0.1, 0.15) is 20.8 Å². The number of fused-ring (bicyclic) bond motifs is 1. The first-order valence-electron chi connectivity index (χ1n) is 4.01. The lowest BCUT2D eigenvalue weighted by atomic mass is 10.2. The molecule has 0 N–H and O–H groups in total. The Hall–Kier alpha value is -2.37. The summed E-state index contributed by atoms with van der Waals surface area (Å²) in [6.45, 7) is 0. The topological polar surface area (TPSA) is 97.6 Å². The van der Waals surface area contributed by atoms with E-state index in [-0.39, 0.29) is 5.52 Å². The van der Waals surface area contributed by atoms with Crippen LogP contribution >= 0.6 is 0 Å². The minimum absolute atomic E-state index is 0.164. The van der Waals surface area contributed by atoms with Crippen LogP contribution in [0, 0.1) is 0 Å². The van der Waals surface area contributed by atoms with E-state index >= 15 is 0 Å². The van der Waals surface area contributed by atoms with Crippen molar-refractivity contribution in [1.82, 2.24) is 9.61 Å². The van der Waals surface area contributed by atoms with Crippen LogP contribution in [0.15, 0.2) is 24.4 Å². The van der Waals surface area contributed by atoms with Crippen molar-refractivity contribution in [3.8, 4) is 0 Å². The van der Waals surface area contributed by atoms with E-state index in [0.717, 1.165) is 4.52 Å². The van der Waals surface area contributed by atoms with Gasteiger partial charge in [-0.1, -0.05) is 6.07 Å². The Bertz CT molecular complexity index is 558. The van der Waals surface area contributed by atoms with Crippen molar-refractivity contribution in [2.24, 2.45) is 0 Å². The van der Waals surface area contributed by atoms with E-state index in [1.807, 2.05) is 0 Å². The van der Waals surface area contributed by atoms with E-state index in [2.05, 4.69) is 5.10 Å². The molecule has 0 fully saturated rings. The molecule has 2 aromatic heterocycles. The van der Waals surface area contributed by atoms with Crippen molar-refractivity contribution in [3.63, 3.8) is 0 Å². The molecule has 0 aliphatic carbocycles. The summed E-state index contributed by atoms with van der Waals surface area (Å²) in [5.74, 6) is -3.23. The quantitative estimate of drug-likeness (QED) is 0.566. The SMILES string of the molecule is O=C([O-])c1nn2ccccc2c1C(=O)[O-]. The molecule has 0 aromatic carbocycles. The molecule has 0 spiro atoms. The Morgan fingerprint density at radius 3 is 2.53 bits per heavy atom. The number of pyridine rings is 1. The second kappa shape index (κ2) is 3.09. The molecule has 6 heteroatoms. The Labute approximate surface area is 83.4 Å². The summed E-state index contributed by atoms with van der Waals surface area (Å²) in [7, 11) is 0. The van der Waals surface area contributed by atoms with E-state index < -0.39 is 23.2 Å². The van der Waals surface area contributed by atoms with Crippen LogP contribution in [0.2, 0.25) is 0 Å². The van der Waals surface area contributed by atoms with E-state index in [4.69, 9.17) is 0 Å². The first-order valence-corrected chi connectivity index (χ1v) is 4.01. The van der Waals surface area contributed by atoms with Gasteiger partial charge in [-0.05, 0) is 12.1 Å². The molecule has 2 heterocycles. The number of aromatic nitrogens is 2. The summed E-state index contributed by atoms with van der Waals surface area (Å²) in [5, 5.41) is 24.9. The highest BCUT2D eigenvalue weighted by atomic mass is 16.4. The van der Waals surface area contributed by atoms with Gasteiger partial charge in [-0.25, -0.2) is 4.52 Å². The number of carbonyl (C=O) groups excluding carboxylic acids is 2. The summed E-state index contributed by atoms with van der Waals surface area (Å²) >= 11 is 0. The molecule has 0 saturated carbocycles. The van der Waals surface area contributed by atoms with E-state index in [0.29, 0.717) is 0 Å². The Morgan fingerprint density at radius 2 is 1.93 bits per heavy atom. The summed E-state index contributed by atoms with van der Waals surface area (Å²) in [6.07, 6.45) is 1.44. The predicted molar refractivity (Wildman–Crippen MR) is 43.9 cm³/mol. The molecule has 0 unspecified atom stereocenters. The molecule has 2 rings (SSSR count). The predicted octanol–water partition coefficient (Wildman–Crippen LogP) is -1.94. The van der Waals surface area contributed by atoms with Gasteiger partial charge >= 0.3 is 0 Å². The Balaban J connectivity index is 2.86. The minimum atomic E-state index is -1.64. The van der Waals surface area contributed by atoms with Gasteiger partial charge in [0, 0.05) is 6.20 Å². The van der Waals surface area contributed by atoms with Crippen LogP contribution in [0.5, 0.6) is 0 Å². The molecule has 0 aliphatic rings. The van der Waals surface area contributed by atoms with Gasteiger partial charge in [0.25, 0.3) is 0 Å². The zero-order chi connectivity index (χ0) is 11.0. The minimum Gasteiger partial charge on any atom is -0.545 e. The highest BCUT2D eigenvalue weighted by Crippen LogP contribution is 2.13. The number of hydrogen-bond donors (Lipinski definition) is 0. The van der Waals surface area contributed by atoms with Crippen molar-refractivity contribution in [1.29, 1.82) is 0 Å². The van der Waals surface area contributed by atoms with Crippen molar-refractivity contribution in [3.05, 3.63) is 35.7 Å². The van der Waals surface area contributed by atoms with Gasteiger partial charge < -0.3 is 19.8 Å². The molecule has 0 atom stereocenters. The van der Waals surface area contributed by atoms with Gasteiger partial charge in [-0.3, -0.25) is 0 Å². The number of hydrogen-bond acceptors (Lipinski definition) is 5. The molecule has 15 heavy (non-hydrogen) atoms. The zero-order valence-electron chi connectivity index (χ0n) is 7.34. The maximum atomic E-state index is 10.7. The fourth-order valence-corrected chi connectivity index (χ4v) is 1.34. The smallest absolute Gasteiger partial charge is 0.118 e. The number of rotatable bonds is 2. The first-order chi connectivity index (χ1) is 7.11. The molecule has 0 aliphatic heterocycles. The van der Waals surface area contributed by atoms with E-state index in [1.165, 1.54) is 12.3 Å². The van der Waals surface area contributed by atoms with Crippen molar-refractivity contribution >= 4 is 17.5 Å². The largest absolute Gasteiger partial charge is 0.545 e. The molecule has 0 bridgehead atoms. The average Bonchev–Trinajstić information content (AvgIpc) is 2.56. The van der Waals surface area contributed by atoms with Crippen molar-refractivity contribution < 1.29 is 19.8 Å². The average molecular weight is 204 g/mol. The number of carbonyl (C=O) groups is 2. The third kappa shape index (κ3) is 1.32. The summed E-state index contributed by atoms with van der Waals surface area (Å²) < 4.78 is 1.15. The van der Waals surface area contributed by atoms with Gasteiger partial charge in [-0.2, -0.15) is 5.10 Å². The molecular formula is C9H4N2O4-2. The normalized spacial score (nSPS) is 10.4. The number of carboxylic acids is 2. The number of carboxylic acid groups (broad SMARTS) is 2. The van der Waals surface area contributed by atoms with Crippen LogP contribution in [-0.2, 0) is 0 Å². The van der Waals surface area contributed by atoms with Gasteiger partial charge in [0.1, 0.15) is 5.69 Å². The molecule has 2 aromatic rings. The molecule has 0 saturated heterocycles. The third-order valence-electron chi connectivity index (χ3n) is 1.94. The number of nitrogens with zero attached hydrogens (tertiary/aromatic N) is 2. The fraction of sp³-hybridized carbons (Fsp3) is 0. The van der Waals surface area contributed by atoms with Crippen LogP contribution < -0.4 is 10.2 Å². The Kier molecular flexibility index (Phi) is 1.89. The summed E-state index contributed by atoms with van der Waals surface area (Å²) in [4.78, 5) is 21.4. The van der Waals surface area contributed by atoms with Crippen LogP contribution in [0.3, 0.4) is 0 Å². The second-order valence-electron chi connectivity index (χ2n) is 2.83. The maximum absolute atomic E-state index is 10.7. The lowest BCUT2D eigenvalue weighted by Crippen LogP contribution is -2.29. The molecule has 76 valence electrons. The lowest BCUT2D eigenvalue weighted by molar-refractivity contribution is -0.259. The Morgan fingerprint density at radius 1 is 1.20 bits per heavy atom. The number of aromatic carboxylic acids is 2. The van der Waals surface area contributed by atoms with Crippen LogP contribution in [0.25, 0.3) is 5.52 Å². The first kappa shape index (κ1) is 9.20. The van der Waals surface area contributed by atoms with E-state index in [9.17, 15) is 19.8 Å². The molecule has 6 nitrogen and oxygen atoms in total. The van der Waals surface area contributed by atoms with Gasteiger partial charge in [-0.15, -0.1) is 0 Å². The monoisotopic (exact) mass is 204 g/mol. The van der Waals surface area contributed by atoms with Crippen LogP contribution in [0.4, 0.5) is 0 Å². The maximum Gasteiger partial charge on any atom is 0.118 e.